The highest BCUT2D eigenvalue weighted by atomic mass is 15.2. The van der Waals surface area contributed by atoms with Crippen LogP contribution in [0.1, 0.15) is 25.3 Å². The van der Waals surface area contributed by atoms with Gasteiger partial charge >= 0.3 is 0 Å². The summed E-state index contributed by atoms with van der Waals surface area (Å²) in [5, 5.41) is 3.62. The van der Waals surface area contributed by atoms with E-state index in [9.17, 15) is 0 Å². The first-order chi connectivity index (χ1) is 8.33. The number of hydrogen-bond acceptors (Lipinski definition) is 5. The molecule has 4 rings (SSSR count). The Morgan fingerprint density at radius 3 is 3.00 bits per heavy atom. The van der Waals surface area contributed by atoms with Gasteiger partial charge in [-0.15, -0.1) is 0 Å². The van der Waals surface area contributed by atoms with Crippen molar-refractivity contribution in [3.8, 4) is 0 Å². The maximum atomic E-state index is 5.80. The standard InChI is InChI=1S/C11H14N6/c12-10-9-11(14-4-13-10)17(5-15-9)8-3-6-1-2-7(8)16-6/h4-8,16H,1-3H2,(H2,12,13,14)/t6-,7+,8-/m0/s1. The predicted molar refractivity (Wildman–Crippen MR) is 63.3 cm³/mol. The Labute approximate surface area is 98.3 Å². The molecule has 17 heavy (non-hydrogen) atoms. The lowest BCUT2D eigenvalue weighted by molar-refractivity contribution is 0.403. The molecule has 6 nitrogen and oxygen atoms in total. The molecule has 2 aliphatic rings. The van der Waals surface area contributed by atoms with Crippen LogP contribution in [0.4, 0.5) is 5.82 Å². The minimum atomic E-state index is 0.463. The molecule has 3 N–H and O–H groups in total. The van der Waals surface area contributed by atoms with Crippen molar-refractivity contribution in [3.05, 3.63) is 12.7 Å². The summed E-state index contributed by atoms with van der Waals surface area (Å²) < 4.78 is 2.16. The van der Waals surface area contributed by atoms with E-state index in [2.05, 4.69) is 24.8 Å². The molecule has 0 spiro atoms. The molecule has 2 saturated heterocycles. The second kappa shape index (κ2) is 3.16. The number of nitrogens with two attached hydrogens (primary N) is 1. The van der Waals surface area contributed by atoms with E-state index in [4.69, 9.17) is 5.73 Å². The minimum Gasteiger partial charge on any atom is -0.382 e. The molecule has 0 saturated carbocycles. The van der Waals surface area contributed by atoms with Gasteiger partial charge in [0.2, 0.25) is 0 Å². The molecule has 88 valence electrons. The molecular weight excluding hydrogens is 216 g/mol. The zero-order valence-corrected chi connectivity index (χ0v) is 9.37. The average molecular weight is 230 g/mol. The maximum Gasteiger partial charge on any atom is 0.165 e. The first-order valence-electron chi connectivity index (χ1n) is 6.02. The Kier molecular flexibility index (Phi) is 1.74. The van der Waals surface area contributed by atoms with Gasteiger partial charge in [-0.2, -0.15) is 0 Å². The van der Waals surface area contributed by atoms with Crippen LogP contribution in [-0.4, -0.2) is 31.6 Å². The van der Waals surface area contributed by atoms with E-state index in [1.807, 2.05) is 6.33 Å². The molecule has 6 heteroatoms. The van der Waals surface area contributed by atoms with Crippen LogP contribution in [0, 0.1) is 0 Å². The zero-order valence-electron chi connectivity index (χ0n) is 9.37. The van der Waals surface area contributed by atoms with Crippen LogP contribution in [-0.2, 0) is 0 Å². The Morgan fingerprint density at radius 1 is 1.29 bits per heavy atom. The van der Waals surface area contributed by atoms with Crippen LogP contribution < -0.4 is 11.1 Å². The monoisotopic (exact) mass is 230 g/mol. The molecule has 0 radical (unpaired) electrons. The lowest BCUT2D eigenvalue weighted by Gasteiger charge is -2.21. The second-order valence-electron chi connectivity index (χ2n) is 4.93. The smallest absolute Gasteiger partial charge is 0.165 e. The molecule has 2 aromatic heterocycles. The van der Waals surface area contributed by atoms with Gasteiger partial charge in [0.1, 0.15) is 11.8 Å². The maximum absolute atomic E-state index is 5.80. The van der Waals surface area contributed by atoms with Gasteiger partial charge < -0.3 is 15.6 Å². The van der Waals surface area contributed by atoms with Crippen molar-refractivity contribution in [2.45, 2.75) is 37.4 Å². The fraction of sp³-hybridized carbons (Fsp3) is 0.545. The predicted octanol–water partition coefficient (Wildman–Crippen LogP) is 0.474. The van der Waals surface area contributed by atoms with Crippen LogP contribution in [0.5, 0.6) is 0 Å². The molecular formula is C11H14N6. The van der Waals surface area contributed by atoms with Crippen LogP contribution in [0.25, 0.3) is 11.2 Å². The summed E-state index contributed by atoms with van der Waals surface area (Å²) in [6.45, 7) is 0. The molecule has 0 aromatic carbocycles. The van der Waals surface area contributed by atoms with Crippen molar-refractivity contribution < 1.29 is 0 Å². The van der Waals surface area contributed by atoms with Crippen molar-refractivity contribution in [2.75, 3.05) is 5.73 Å². The molecule has 0 amide bonds. The first kappa shape index (κ1) is 9.35. The normalized spacial score (nSPS) is 31.4. The van der Waals surface area contributed by atoms with Crippen molar-refractivity contribution in [2.24, 2.45) is 0 Å². The topological polar surface area (TPSA) is 81.7 Å². The number of nitrogens with one attached hydrogen (secondary N) is 1. The van der Waals surface area contributed by atoms with Crippen molar-refractivity contribution >= 4 is 17.0 Å². The quantitative estimate of drug-likeness (QED) is 0.744. The van der Waals surface area contributed by atoms with Crippen LogP contribution in [0.3, 0.4) is 0 Å². The molecule has 2 aliphatic heterocycles. The van der Waals surface area contributed by atoms with Crippen LogP contribution in [0.2, 0.25) is 0 Å². The lowest BCUT2D eigenvalue weighted by atomic mass is 9.95. The largest absolute Gasteiger partial charge is 0.382 e. The number of imidazole rings is 1. The van der Waals surface area contributed by atoms with Gasteiger partial charge in [-0.3, -0.25) is 0 Å². The zero-order chi connectivity index (χ0) is 11.4. The van der Waals surface area contributed by atoms with Gasteiger partial charge in [0.15, 0.2) is 11.5 Å². The van der Waals surface area contributed by atoms with E-state index < -0.39 is 0 Å². The molecule has 0 aliphatic carbocycles. The molecule has 0 unspecified atom stereocenters. The van der Waals surface area contributed by atoms with Gasteiger partial charge in [-0.25, -0.2) is 15.0 Å². The van der Waals surface area contributed by atoms with Gasteiger partial charge in [0.25, 0.3) is 0 Å². The summed E-state index contributed by atoms with van der Waals surface area (Å²) in [4.78, 5) is 12.6. The summed E-state index contributed by atoms with van der Waals surface area (Å²) in [6, 6.07) is 1.70. The fourth-order valence-electron chi connectivity index (χ4n) is 3.22. The van der Waals surface area contributed by atoms with Crippen LogP contribution >= 0.6 is 0 Å². The fourth-order valence-corrected chi connectivity index (χ4v) is 3.22. The number of hydrogen-bond donors (Lipinski definition) is 2. The summed E-state index contributed by atoms with van der Waals surface area (Å²) in [5.74, 6) is 0.463. The first-order valence-corrected chi connectivity index (χ1v) is 6.02. The third kappa shape index (κ3) is 1.21. The third-order valence-electron chi connectivity index (χ3n) is 4.01. The highest BCUT2D eigenvalue weighted by molar-refractivity contribution is 5.81. The highest BCUT2D eigenvalue weighted by Gasteiger charge is 2.40. The Bertz CT molecular complexity index is 576. The Morgan fingerprint density at radius 2 is 2.24 bits per heavy atom. The summed E-state index contributed by atoms with van der Waals surface area (Å²) in [5.41, 5.74) is 7.38. The Balaban J connectivity index is 1.84. The number of nitrogens with zero attached hydrogens (tertiary/aromatic N) is 4. The molecule has 2 bridgehead atoms. The number of nitrogen functional groups attached to an aromatic ring is 1. The second-order valence-corrected chi connectivity index (χ2v) is 4.93. The summed E-state index contributed by atoms with van der Waals surface area (Å²) in [7, 11) is 0. The SMILES string of the molecule is Nc1ncnc2c1ncn2[C@H]1C[C@@H]2CC[C@H]1N2. The number of fused-ring (bicyclic) bond motifs is 3. The average Bonchev–Trinajstić information content (AvgIpc) is 3.03. The summed E-state index contributed by atoms with van der Waals surface area (Å²) in [6.07, 6.45) is 7.07. The molecule has 4 heterocycles. The molecule has 2 aromatic rings. The van der Waals surface area contributed by atoms with Gasteiger partial charge in [-0.1, -0.05) is 0 Å². The summed E-state index contributed by atoms with van der Waals surface area (Å²) >= 11 is 0. The van der Waals surface area contributed by atoms with E-state index in [-0.39, 0.29) is 0 Å². The van der Waals surface area contributed by atoms with Crippen molar-refractivity contribution in [1.82, 2.24) is 24.8 Å². The van der Waals surface area contributed by atoms with Gasteiger partial charge in [0, 0.05) is 12.1 Å². The number of aromatic nitrogens is 4. The van der Waals surface area contributed by atoms with Gasteiger partial charge in [-0.05, 0) is 19.3 Å². The van der Waals surface area contributed by atoms with Crippen molar-refractivity contribution in [1.29, 1.82) is 0 Å². The molecule has 2 fully saturated rings. The van der Waals surface area contributed by atoms with Gasteiger partial charge in [0.05, 0.1) is 12.4 Å². The third-order valence-corrected chi connectivity index (χ3v) is 4.01. The number of rotatable bonds is 1. The highest BCUT2D eigenvalue weighted by Crippen LogP contribution is 2.37. The van der Waals surface area contributed by atoms with E-state index in [0.717, 1.165) is 11.2 Å². The number of anilines is 1. The lowest BCUT2D eigenvalue weighted by Crippen LogP contribution is -2.25. The van der Waals surface area contributed by atoms with E-state index in [1.165, 1.54) is 25.6 Å². The van der Waals surface area contributed by atoms with E-state index in [0.29, 0.717) is 23.9 Å². The Hall–Kier alpha value is -1.69. The van der Waals surface area contributed by atoms with Crippen molar-refractivity contribution in [3.63, 3.8) is 0 Å². The van der Waals surface area contributed by atoms with E-state index >= 15 is 0 Å². The molecule has 3 atom stereocenters. The van der Waals surface area contributed by atoms with Crippen LogP contribution in [0.15, 0.2) is 12.7 Å². The minimum absolute atomic E-state index is 0.463. The van der Waals surface area contributed by atoms with E-state index in [1.54, 1.807) is 0 Å².